The molecular weight excluding hydrogens is 266 g/mol. The summed E-state index contributed by atoms with van der Waals surface area (Å²) in [6.07, 6.45) is 10.0. The maximum Gasteiger partial charge on any atom is 0.0897 e. The van der Waals surface area contributed by atoms with Crippen molar-refractivity contribution < 1.29 is 14.6 Å². The van der Waals surface area contributed by atoms with E-state index in [1.165, 1.54) is 32.1 Å². The highest BCUT2D eigenvalue weighted by atomic mass is 16.5. The van der Waals surface area contributed by atoms with Crippen LogP contribution < -0.4 is 5.32 Å². The molecule has 0 aromatic carbocycles. The van der Waals surface area contributed by atoms with Crippen molar-refractivity contribution in [3.63, 3.8) is 0 Å². The van der Waals surface area contributed by atoms with Crippen molar-refractivity contribution in [2.75, 3.05) is 26.3 Å². The fraction of sp³-hybridized carbons (Fsp3) is 1.00. The Morgan fingerprint density at radius 1 is 1.24 bits per heavy atom. The van der Waals surface area contributed by atoms with Crippen LogP contribution in [0.15, 0.2) is 0 Å². The smallest absolute Gasteiger partial charge is 0.0897 e. The second-order valence-electron chi connectivity index (χ2n) is 6.86. The lowest BCUT2D eigenvalue weighted by molar-refractivity contribution is -0.0311. The third-order valence-electron chi connectivity index (χ3n) is 4.71. The second kappa shape index (κ2) is 9.78. The molecule has 4 atom stereocenters. The van der Waals surface area contributed by atoms with Crippen LogP contribution in [-0.4, -0.2) is 49.7 Å². The average molecular weight is 299 g/mol. The van der Waals surface area contributed by atoms with Gasteiger partial charge in [-0.3, -0.25) is 0 Å². The molecule has 0 radical (unpaired) electrons. The van der Waals surface area contributed by atoms with Crippen LogP contribution in [0.3, 0.4) is 0 Å². The van der Waals surface area contributed by atoms with Gasteiger partial charge >= 0.3 is 0 Å². The SMILES string of the molecule is CC1CCCC(OCC(O)CNCCC2CCCCO2)C1. The van der Waals surface area contributed by atoms with Gasteiger partial charge in [-0.2, -0.15) is 0 Å². The Morgan fingerprint density at radius 2 is 2.14 bits per heavy atom. The van der Waals surface area contributed by atoms with Crippen LogP contribution in [-0.2, 0) is 9.47 Å². The van der Waals surface area contributed by atoms with E-state index in [1.807, 2.05) is 0 Å². The van der Waals surface area contributed by atoms with E-state index < -0.39 is 6.10 Å². The summed E-state index contributed by atoms with van der Waals surface area (Å²) in [4.78, 5) is 0. The molecular formula is C17H33NO3. The van der Waals surface area contributed by atoms with E-state index >= 15 is 0 Å². The van der Waals surface area contributed by atoms with Crippen molar-refractivity contribution in [1.29, 1.82) is 0 Å². The van der Waals surface area contributed by atoms with E-state index in [4.69, 9.17) is 9.47 Å². The van der Waals surface area contributed by atoms with Crippen molar-refractivity contribution in [2.24, 2.45) is 5.92 Å². The fourth-order valence-corrected chi connectivity index (χ4v) is 3.40. The van der Waals surface area contributed by atoms with Gasteiger partial charge in [-0.1, -0.05) is 19.8 Å². The van der Waals surface area contributed by atoms with Crippen LogP contribution in [0.1, 0.15) is 58.3 Å². The fourth-order valence-electron chi connectivity index (χ4n) is 3.40. The summed E-state index contributed by atoms with van der Waals surface area (Å²) in [5.41, 5.74) is 0. The molecule has 1 heterocycles. The molecule has 2 fully saturated rings. The highest BCUT2D eigenvalue weighted by molar-refractivity contribution is 4.72. The molecule has 4 heteroatoms. The first kappa shape index (κ1) is 17.2. The van der Waals surface area contributed by atoms with E-state index in [0.29, 0.717) is 25.4 Å². The molecule has 2 rings (SSSR count). The number of hydrogen-bond acceptors (Lipinski definition) is 4. The summed E-state index contributed by atoms with van der Waals surface area (Å²) in [6.45, 7) is 5.21. The van der Waals surface area contributed by atoms with E-state index in [2.05, 4.69) is 12.2 Å². The van der Waals surface area contributed by atoms with E-state index in [1.54, 1.807) is 0 Å². The molecule has 2 aliphatic rings. The Hall–Kier alpha value is -0.160. The first-order chi connectivity index (χ1) is 10.2. The van der Waals surface area contributed by atoms with Crippen molar-refractivity contribution in [2.45, 2.75) is 76.6 Å². The summed E-state index contributed by atoms with van der Waals surface area (Å²) in [7, 11) is 0. The van der Waals surface area contributed by atoms with Gasteiger partial charge in [0.1, 0.15) is 0 Å². The third-order valence-corrected chi connectivity index (χ3v) is 4.71. The van der Waals surface area contributed by atoms with Gasteiger partial charge in [0.15, 0.2) is 0 Å². The maximum atomic E-state index is 9.96. The van der Waals surface area contributed by atoms with Crippen LogP contribution in [0, 0.1) is 5.92 Å². The van der Waals surface area contributed by atoms with Crippen LogP contribution in [0.2, 0.25) is 0 Å². The molecule has 0 spiro atoms. The standard InChI is InChI=1S/C17H33NO3/c1-14-5-4-7-17(11-14)21-13-15(19)12-18-9-8-16-6-2-3-10-20-16/h14-19H,2-13H2,1H3. The molecule has 4 nitrogen and oxygen atoms in total. The van der Waals surface area contributed by atoms with Crippen LogP contribution in [0.4, 0.5) is 0 Å². The largest absolute Gasteiger partial charge is 0.389 e. The number of hydrogen-bond donors (Lipinski definition) is 2. The first-order valence-corrected chi connectivity index (χ1v) is 8.86. The predicted octanol–water partition coefficient (Wildman–Crippen LogP) is 2.49. The van der Waals surface area contributed by atoms with Crippen LogP contribution >= 0.6 is 0 Å². The van der Waals surface area contributed by atoms with E-state index in [9.17, 15) is 5.11 Å². The van der Waals surface area contributed by atoms with Crippen LogP contribution in [0.25, 0.3) is 0 Å². The highest BCUT2D eigenvalue weighted by Gasteiger charge is 2.20. The van der Waals surface area contributed by atoms with Crippen molar-refractivity contribution in [3.05, 3.63) is 0 Å². The lowest BCUT2D eigenvalue weighted by Crippen LogP contribution is -2.34. The Morgan fingerprint density at radius 3 is 2.90 bits per heavy atom. The number of rotatable bonds is 8. The average Bonchev–Trinajstić information content (AvgIpc) is 2.51. The van der Waals surface area contributed by atoms with Gasteiger partial charge in [-0.15, -0.1) is 0 Å². The highest BCUT2D eigenvalue weighted by Crippen LogP contribution is 2.25. The first-order valence-electron chi connectivity index (χ1n) is 8.86. The molecule has 0 bridgehead atoms. The second-order valence-corrected chi connectivity index (χ2v) is 6.86. The number of ether oxygens (including phenoxy) is 2. The quantitative estimate of drug-likeness (QED) is 0.676. The van der Waals surface area contributed by atoms with Gasteiger partial charge in [-0.25, -0.2) is 0 Å². The zero-order valence-electron chi connectivity index (χ0n) is 13.6. The normalized spacial score (nSPS) is 32.0. The maximum absolute atomic E-state index is 9.96. The van der Waals surface area contributed by atoms with E-state index in [-0.39, 0.29) is 0 Å². The molecule has 0 aromatic rings. The minimum Gasteiger partial charge on any atom is -0.389 e. The molecule has 4 unspecified atom stereocenters. The third kappa shape index (κ3) is 7.09. The summed E-state index contributed by atoms with van der Waals surface area (Å²) >= 11 is 0. The van der Waals surface area contributed by atoms with Crippen molar-refractivity contribution >= 4 is 0 Å². The Kier molecular flexibility index (Phi) is 8.01. The lowest BCUT2D eigenvalue weighted by atomic mass is 9.89. The summed E-state index contributed by atoms with van der Waals surface area (Å²) in [6, 6.07) is 0. The van der Waals surface area contributed by atoms with Gasteiger partial charge in [0, 0.05) is 13.2 Å². The van der Waals surface area contributed by atoms with Crippen molar-refractivity contribution in [3.8, 4) is 0 Å². The summed E-state index contributed by atoms with van der Waals surface area (Å²) < 4.78 is 11.5. The number of aliphatic hydroxyl groups excluding tert-OH is 1. The summed E-state index contributed by atoms with van der Waals surface area (Å²) in [5.74, 6) is 0.773. The van der Waals surface area contributed by atoms with E-state index in [0.717, 1.165) is 38.3 Å². The molecule has 0 amide bonds. The molecule has 0 aromatic heterocycles. The molecule has 21 heavy (non-hydrogen) atoms. The molecule has 1 saturated heterocycles. The van der Waals surface area contributed by atoms with Crippen molar-refractivity contribution in [1.82, 2.24) is 5.32 Å². The Labute approximate surface area is 129 Å². The Balaban J connectivity index is 1.46. The number of aliphatic hydroxyl groups is 1. The minimum absolute atomic E-state index is 0.360. The zero-order valence-corrected chi connectivity index (χ0v) is 13.6. The van der Waals surface area contributed by atoms with Gasteiger partial charge in [-0.05, 0) is 51.0 Å². The molecule has 124 valence electrons. The Bertz CT molecular complexity index is 269. The van der Waals surface area contributed by atoms with Gasteiger partial charge < -0.3 is 19.9 Å². The topological polar surface area (TPSA) is 50.7 Å². The predicted molar refractivity (Wildman–Crippen MR) is 84.5 cm³/mol. The van der Waals surface area contributed by atoms with Crippen LogP contribution in [0.5, 0.6) is 0 Å². The minimum atomic E-state index is -0.394. The zero-order chi connectivity index (χ0) is 14.9. The van der Waals surface area contributed by atoms with Gasteiger partial charge in [0.2, 0.25) is 0 Å². The van der Waals surface area contributed by atoms with Gasteiger partial charge in [0.25, 0.3) is 0 Å². The number of nitrogens with one attached hydrogen (secondary N) is 1. The molecule has 1 aliphatic carbocycles. The molecule has 1 aliphatic heterocycles. The molecule has 1 saturated carbocycles. The molecule has 2 N–H and O–H groups in total. The lowest BCUT2D eigenvalue weighted by Gasteiger charge is -2.27. The van der Waals surface area contributed by atoms with Gasteiger partial charge in [0.05, 0.1) is 24.9 Å². The monoisotopic (exact) mass is 299 g/mol. The summed E-state index contributed by atoms with van der Waals surface area (Å²) in [5, 5.41) is 13.3.